The molecule has 2 N–H and O–H groups in total. The Morgan fingerprint density at radius 2 is 1.58 bits per heavy atom. The van der Waals surface area contributed by atoms with Crippen LogP contribution in [0.5, 0.6) is 0 Å². The minimum Gasteiger partial charge on any atom is -0.328 e. The van der Waals surface area contributed by atoms with E-state index in [1.54, 1.807) is 0 Å². The van der Waals surface area contributed by atoms with Crippen LogP contribution in [-0.4, -0.2) is 17.5 Å². The normalized spacial score (nSPS) is 30.8. The first-order valence-electron chi connectivity index (χ1n) is 5.14. The highest BCUT2D eigenvalue weighted by molar-refractivity contribution is 7.99. The molecule has 2 rings (SSSR count). The largest absolute Gasteiger partial charge is 0.328 e. The van der Waals surface area contributed by atoms with Crippen LogP contribution in [0.2, 0.25) is 0 Å². The fraction of sp³-hybridized carbons (Fsp3) is 1.00. The van der Waals surface area contributed by atoms with Gasteiger partial charge >= 0.3 is 0 Å². The number of hydrogen-bond acceptors (Lipinski definition) is 2. The van der Waals surface area contributed by atoms with Crippen LogP contribution in [0.25, 0.3) is 0 Å². The molecule has 1 spiro atoms. The molecule has 0 radical (unpaired) electrons. The van der Waals surface area contributed by atoms with Crippen molar-refractivity contribution in [1.82, 2.24) is 0 Å². The van der Waals surface area contributed by atoms with Crippen molar-refractivity contribution in [3.63, 3.8) is 0 Å². The quantitative estimate of drug-likeness (QED) is 0.627. The minimum atomic E-state index is 0.519. The molecule has 12 heavy (non-hydrogen) atoms. The third-order valence-electron chi connectivity index (χ3n) is 3.64. The molecule has 0 unspecified atom stereocenters. The monoisotopic (exact) mass is 185 g/mol. The molecular weight excluding hydrogens is 166 g/mol. The van der Waals surface area contributed by atoms with Gasteiger partial charge in [0.1, 0.15) is 0 Å². The highest BCUT2D eigenvalue weighted by Gasteiger charge is 2.35. The molecule has 1 saturated carbocycles. The SMILES string of the molecule is NC1CCC2(CCSCC2)CC1. The Balaban J connectivity index is 1.92. The van der Waals surface area contributed by atoms with Crippen molar-refractivity contribution in [2.24, 2.45) is 11.1 Å². The Morgan fingerprint density at radius 3 is 2.17 bits per heavy atom. The van der Waals surface area contributed by atoms with Gasteiger partial charge < -0.3 is 5.73 Å². The molecule has 0 aromatic carbocycles. The van der Waals surface area contributed by atoms with E-state index in [4.69, 9.17) is 5.73 Å². The molecule has 1 heterocycles. The summed E-state index contributed by atoms with van der Waals surface area (Å²) in [6.07, 6.45) is 8.31. The van der Waals surface area contributed by atoms with Crippen molar-refractivity contribution in [3.05, 3.63) is 0 Å². The third kappa shape index (κ3) is 1.80. The first-order valence-corrected chi connectivity index (χ1v) is 6.30. The van der Waals surface area contributed by atoms with E-state index < -0.39 is 0 Å². The fourth-order valence-corrected chi connectivity index (χ4v) is 3.92. The lowest BCUT2D eigenvalue weighted by Crippen LogP contribution is -2.36. The van der Waals surface area contributed by atoms with Crippen LogP contribution in [0.1, 0.15) is 38.5 Å². The zero-order valence-corrected chi connectivity index (χ0v) is 8.54. The van der Waals surface area contributed by atoms with Crippen LogP contribution in [0.4, 0.5) is 0 Å². The van der Waals surface area contributed by atoms with E-state index in [1.807, 2.05) is 0 Å². The van der Waals surface area contributed by atoms with Gasteiger partial charge in [-0.3, -0.25) is 0 Å². The van der Waals surface area contributed by atoms with Gasteiger partial charge in [-0.1, -0.05) is 0 Å². The summed E-state index contributed by atoms with van der Waals surface area (Å²) in [6, 6.07) is 0.519. The van der Waals surface area contributed by atoms with Gasteiger partial charge in [-0.25, -0.2) is 0 Å². The van der Waals surface area contributed by atoms with Crippen LogP contribution in [-0.2, 0) is 0 Å². The molecule has 0 aromatic rings. The molecule has 1 aliphatic carbocycles. The lowest BCUT2D eigenvalue weighted by molar-refractivity contribution is 0.160. The van der Waals surface area contributed by atoms with E-state index in [0.29, 0.717) is 6.04 Å². The van der Waals surface area contributed by atoms with Crippen molar-refractivity contribution < 1.29 is 0 Å². The Hall–Kier alpha value is 0.310. The van der Waals surface area contributed by atoms with Gasteiger partial charge in [-0.15, -0.1) is 0 Å². The molecule has 0 bridgehead atoms. The Morgan fingerprint density at radius 1 is 1.00 bits per heavy atom. The number of nitrogens with two attached hydrogens (primary N) is 1. The third-order valence-corrected chi connectivity index (χ3v) is 4.63. The minimum absolute atomic E-state index is 0.519. The predicted molar refractivity (Wildman–Crippen MR) is 55.4 cm³/mol. The molecule has 0 aromatic heterocycles. The van der Waals surface area contributed by atoms with E-state index in [-0.39, 0.29) is 0 Å². The molecular formula is C10H19NS. The summed E-state index contributed by atoms with van der Waals surface area (Å²) in [7, 11) is 0. The zero-order valence-electron chi connectivity index (χ0n) is 7.72. The molecule has 2 fully saturated rings. The maximum Gasteiger partial charge on any atom is 0.00392 e. The van der Waals surface area contributed by atoms with Gasteiger partial charge in [0.15, 0.2) is 0 Å². The molecule has 2 heteroatoms. The summed E-state index contributed by atoms with van der Waals surface area (Å²) in [5, 5.41) is 0. The first kappa shape index (κ1) is 8.89. The van der Waals surface area contributed by atoms with Crippen LogP contribution < -0.4 is 5.73 Å². The summed E-state index contributed by atoms with van der Waals surface area (Å²) in [4.78, 5) is 0. The van der Waals surface area contributed by atoms with Gasteiger partial charge in [0.05, 0.1) is 0 Å². The molecule has 1 aliphatic heterocycles. The van der Waals surface area contributed by atoms with Gasteiger partial charge in [0.2, 0.25) is 0 Å². The summed E-state index contributed by atoms with van der Waals surface area (Å²) < 4.78 is 0. The summed E-state index contributed by atoms with van der Waals surface area (Å²) >= 11 is 2.13. The second-order valence-corrected chi connectivity index (χ2v) is 5.67. The standard InChI is InChI=1S/C10H19NS/c11-9-1-3-10(4-2-9)5-7-12-8-6-10/h9H,1-8,11H2. The Kier molecular flexibility index (Phi) is 2.66. The molecule has 1 saturated heterocycles. The highest BCUT2D eigenvalue weighted by Crippen LogP contribution is 2.45. The summed E-state index contributed by atoms with van der Waals surface area (Å²) in [5.74, 6) is 2.80. The Labute approximate surface area is 79.5 Å². The van der Waals surface area contributed by atoms with E-state index in [9.17, 15) is 0 Å². The smallest absolute Gasteiger partial charge is 0.00392 e. The second kappa shape index (κ2) is 3.59. The van der Waals surface area contributed by atoms with Crippen molar-refractivity contribution >= 4 is 11.8 Å². The van der Waals surface area contributed by atoms with Crippen molar-refractivity contribution in [2.45, 2.75) is 44.6 Å². The van der Waals surface area contributed by atoms with Gasteiger partial charge in [0.25, 0.3) is 0 Å². The van der Waals surface area contributed by atoms with E-state index in [1.165, 1.54) is 50.0 Å². The van der Waals surface area contributed by atoms with Crippen LogP contribution >= 0.6 is 11.8 Å². The first-order chi connectivity index (χ1) is 5.81. The average Bonchev–Trinajstić information content (AvgIpc) is 2.13. The van der Waals surface area contributed by atoms with Crippen LogP contribution in [0, 0.1) is 5.41 Å². The molecule has 0 atom stereocenters. The number of hydrogen-bond donors (Lipinski definition) is 1. The van der Waals surface area contributed by atoms with Crippen molar-refractivity contribution in [1.29, 1.82) is 0 Å². The molecule has 2 aliphatic rings. The number of thioether (sulfide) groups is 1. The lowest BCUT2D eigenvalue weighted by Gasteiger charge is -2.42. The van der Waals surface area contributed by atoms with Crippen LogP contribution in [0.15, 0.2) is 0 Å². The van der Waals surface area contributed by atoms with Gasteiger partial charge in [-0.2, -0.15) is 11.8 Å². The second-order valence-electron chi connectivity index (χ2n) is 4.45. The summed E-state index contributed by atoms with van der Waals surface area (Å²) in [5.41, 5.74) is 6.66. The zero-order chi connectivity index (χ0) is 8.44. The van der Waals surface area contributed by atoms with E-state index in [0.717, 1.165) is 5.41 Å². The molecule has 1 nitrogen and oxygen atoms in total. The Bertz CT molecular complexity index is 142. The van der Waals surface area contributed by atoms with E-state index in [2.05, 4.69) is 11.8 Å². The topological polar surface area (TPSA) is 26.0 Å². The van der Waals surface area contributed by atoms with Crippen LogP contribution in [0.3, 0.4) is 0 Å². The molecule has 0 amide bonds. The number of rotatable bonds is 0. The average molecular weight is 185 g/mol. The predicted octanol–water partition coefficient (Wildman–Crippen LogP) is 2.40. The van der Waals surface area contributed by atoms with Crippen molar-refractivity contribution in [3.8, 4) is 0 Å². The van der Waals surface area contributed by atoms with E-state index >= 15 is 0 Å². The van der Waals surface area contributed by atoms with Gasteiger partial charge in [0, 0.05) is 6.04 Å². The lowest BCUT2D eigenvalue weighted by atomic mass is 9.69. The molecule has 70 valence electrons. The maximum atomic E-state index is 5.92. The maximum absolute atomic E-state index is 5.92. The summed E-state index contributed by atoms with van der Waals surface area (Å²) in [6.45, 7) is 0. The fourth-order valence-electron chi connectivity index (χ4n) is 2.56. The van der Waals surface area contributed by atoms with Crippen molar-refractivity contribution in [2.75, 3.05) is 11.5 Å². The highest BCUT2D eigenvalue weighted by atomic mass is 32.2. The van der Waals surface area contributed by atoms with Gasteiger partial charge in [-0.05, 0) is 55.4 Å².